The number of carbonyl (C=O) groups excluding carboxylic acids is 2. The van der Waals surface area contributed by atoms with Crippen LogP contribution in [-0.2, 0) is 12.6 Å². The third kappa shape index (κ3) is 4.74. The average molecular weight is 442 g/mol. The predicted octanol–water partition coefficient (Wildman–Crippen LogP) is 5.39. The fourth-order valence-electron chi connectivity index (χ4n) is 3.23. The Balaban J connectivity index is 1.43. The third-order valence-electron chi connectivity index (χ3n) is 4.80. The quantitative estimate of drug-likeness (QED) is 0.569. The first-order valence-electron chi connectivity index (χ1n) is 9.48. The summed E-state index contributed by atoms with van der Waals surface area (Å²) in [6.07, 6.45) is -4.13. The summed E-state index contributed by atoms with van der Waals surface area (Å²) in [7, 11) is 0. The van der Waals surface area contributed by atoms with Crippen LogP contribution in [0.4, 0.5) is 18.9 Å². The normalized spacial score (nSPS) is 12.9. The van der Waals surface area contributed by atoms with Crippen molar-refractivity contribution in [1.29, 1.82) is 0 Å². The van der Waals surface area contributed by atoms with Gasteiger partial charge in [0.2, 0.25) is 0 Å². The van der Waals surface area contributed by atoms with E-state index in [-0.39, 0.29) is 24.8 Å². The maximum absolute atomic E-state index is 12.8. The molecule has 3 aromatic carbocycles. The van der Waals surface area contributed by atoms with Crippen LogP contribution in [0.2, 0.25) is 0 Å². The molecule has 0 fully saturated rings. The zero-order valence-corrected chi connectivity index (χ0v) is 16.9. The molecule has 158 valence electrons. The Morgan fingerprint density at radius 1 is 0.968 bits per heavy atom. The van der Waals surface area contributed by atoms with Gasteiger partial charge in [-0.25, -0.2) is 0 Å². The number of fused-ring (bicyclic) bond motifs is 2. The van der Waals surface area contributed by atoms with Crippen molar-refractivity contribution in [2.24, 2.45) is 0 Å². The second-order valence-electron chi connectivity index (χ2n) is 6.97. The smallest absolute Gasteiger partial charge is 0.352 e. The predicted molar refractivity (Wildman–Crippen MR) is 112 cm³/mol. The molecule has 8 heteroatoms. The number of halogens is 3. The molecule has 0 bridgehead atoms. The van der Waals surface area contributed by atoms with Gasteiger partial charge in [0, 0.05) is 21.9 Å². The lowest BCUT2D eigenvalue weighted by Crippen LogP contribution is -2.26. The summed E-state index contributed by atoms with van der Waals surface area (Å²) in [5.41, 5.74) is 1.23. The highest BCUT2D eigenvalue weighted by molar-refractivity contribution is 7.99. The Morgan fingerprint density at radius 3 is 2.58 bits per heavy atom. The van der Waals surface area contributed by atoms with Crippen molar-refractivity contribution < 1.29 is 22.8 Å². The SMILES string of the molecule is O=C(NCCc1cccc(C(F)(F)F)c1)c1ccc2c(c1)NC(=O)c1ccccc1S2. The summed E-state index contributed by atoms with van der Waals surface area (Å²) >= 11 is 1.44. The zero-order chi connectivity index (χ0) is 22.0. The van der Waals surface area contributed by atoms with E-state index in [1.807, 2.05) is 12.1 Å². The summed E-state index contributed by atoms with van der Waals surface area (Å²) in [4.78, 5) is 26.6. The molecule has 0 aromatic heterocycles. The Hall–Kier alpha value is -3.26. The second-order valence-corrected chi connectivity index (χ2v) is 8.05. The molecule has 4 nitrogen and oxygen atoms in total. The minimum absolute atomic E-state index is 0.184. The first-order chi connectivity index (χ1) is 14.8. The molecule has 2 amide bonds. The maximum atomic E-state index is 12.8. The standard InChI is InChI=1S/C23H17F3N2O2S/c24-23(25,26)16-5-3-4-14(12-16)10-11-27-21(29)15-8-9-20-18(13-15)28-22(30)17-6-1-2-7-19(17)31-20/h1-9,12-13H,10-11H2,(H,27,29)(H,28,30). The molecule has 1 heterocycles. The number of anilines is 1. The first-order valence-corrected chi connectivity index (χ1v) is 10.3. The van der Waals surface area contributed by atoms with E-state index >= 15 is 0 Å². The van der Waals surface area contributed by atoms with Gasteiger partial charge in [-0.15, -0.1) is 0 Å². The molecule has 0 saturated heterocycles. The van der Waals surface area contributed by atoms with Gasteiger partial charge in [-0.3, -0.25) is 9.59 Å². The lowest BCUT2D eigenvalue weighted by molar-refractivity contribution is -0.137. The van der Waals surface area contributed by atoms with E-state index in [2.05, 4.69) is 10.6 Å². The van der Waals surface area contributed by atoms with Crippen molar-refractivity contribution in [2.45, 2.75) is 22.4 Å². The lowest BCUT2D eigenvalue weighted by Gasteiger charge is -2.11. The van der Waals surface area contributed by atoms with Gasteiger partial charge in [0.05, 0.1) is 16.8 Å². The Labute approximate surface area is 180 Å². The molecule has 2 N–H and O–H groups in total. The minimum atomic E-state index is -4.40. The number of hydrogen-bond donors (Lipinski definition) is 2. The lowest BCUT2D eigenvalue weighted by atomic mass is 10.1. The number of benzene rings is 3. The molecule has 3 aromatic rings. The van der Waals surface area contributed by atoms with Crippen LogP contribution in [0.25, 0.3) is 0 Å². The van der Waals surface area contributed by atoms with Gasteiger partial charge in [0.1, 0.15) is 0 Å². The summed E-state index contributed by atoms with van der Waals surface area (Å²) in [5.74, 6) is -0.611. The summed E-state index contributed by atoms with van der Waals surface area (Å²) in [6.45, 7) is 0.184. The molecule has 0 radical (unpaired) electrons. The van der Waals surface area contributed by atoms with Crippen LogP contribution in [0.1, 0.15) is 31.8 Å². The number of hydrogen-bond acceptors (Lipinski definition) is 3. The number of carbonyl (C=O) groups is 2. The van der Waals surface area contributed by atoms with Crippen molar-refractivity contribution in [1.82, 2.24) is 5.32 Å². The Morgan fingerprint density at radius 2 is 1.77 bits per heavy atom. The van der Waals surface area contributed by atoms with Gasteiger partial charge in [-0.2, -0.15) is 13.2 Å². The fourth-order valence-corrected chi connectivity index (χ4v) is 4.25. The second kappa shape index (κ2) is 8.47. The molecular weight excluding hydrogens is 425 g/mol. The van der Waals surface area contributed by atoms with Crippen molar-refractivity contribution in [3.05, 3.63) is 89.0 Å². The molecule has 0 saturated carbocycles. The third-order valence-corrected chi connectivity index (χ3v) is 5.95. The molecule has 0 aliphatic carbocycles. The molecule has 0 atom stereocenters. The maximum Gasteiger partial charge on any atom is 0.416 e. The zero-order valence-electron chi connectivity index (χ0n) is 16.1. The van der Waals surface area contributed by atoms with E-state index in [4.69, 9.17) is 0 Å². The van der Waals surface area contributed by atoms with Crippen LogP contribution in [-0.4, -0.2) is 18.4 Å². The molecule has 0 spiro atoms. The molecular formula is C23H17F3N2O2S. The van der Waals surface area contributed by atoms with Crippen LogP contribution < -0.4 is 10.6 Å². The molecule has 1 aliphatic heterocycles. The van der Waals surface area contributed by atoms with Crippen LogP contribution in [0.15, 0.2) is 76.5 Å². The van der Waals surface area contributed by atoms with E-state index in [9.17, 15) is 22.8 Å². The van der Waals surface area contributed by atoms with Crippen molar-refractivity contribution in [3.8, 4) is 0 Å². The number of rotatable bonds is 4. The van der Waals surface area contributed by atoms with Gasteiger partial charge >= 0.3 is 6.18 Å². The van der Waals surface area contributed by atoms with E-state index < -0.39 is 11.7 Å². The molecule has 4 rings (SSSR count). The van der Waals surface area contributed by atoms with Crippen molar-refractivity contribution in [2.75, 3.05) is 11.9 Å². The molecule has 31 heavy (non-hydrogen) atoms. The average Bonchev–Trinajstić information content (AvgIpc) is 2.88. The van der Waals surface area contributed by atoms with Crippen molar-refractivity contribution >= 4 is 29.3 Å². The Kier molecular flexibility index (Phi) is 5.73. The Bertz CT molecular complexity index is 1160. The van der Waals surface area contributed by atoms with E-state index in [1.54, 1.807) is 36.4 Å². The summed E-state index contributed by atoms with van der Waals surface area (Å²) in [6, 6.07) is 17.3. The van der Waals surface area contributed by atoms with E-state index in [0.717, 1.165) is 21.9 Å². The van der Waals surface area contributed by atoms with Crippen molar-refractivity contribution in [3.63, 3.8) is 0 Å². The first kappa shape index (κ1) is 21.0. The van der Waals surface area contributed by atoms with E-state index in [1.165, 1.54) is 17.8 Å². The van der Waals surface area contributed by atoms with Gasteiger partial charge < -0.3 is 10.6 Å². The van der Waals surface area contributed by atoms with Crippen LogP contribution in [0.3, 0.4) is 0 Å². The van der Waals surface area contributed by atoms with Gasteiger partial charge in [0.15, 0.2) is 0 Å². The van der Waals surface area contributed by atoms with Gasteiger partial charge in [-0.05, 0) is 48.4 Å². The number of nitrogens with one attached hydrogen (secondary N) is 2. The highest BCUT2D eigenvalue weighted by atomic mass is 32.2. The highest BCUT2D eigenvalue weighted by Gasteiger charge is 2.30. The molecule has 1 aliphatic rings. The summed E-state index contributed by atoms with van der Waals surface area (Å²) in [5, 5.41) is 5.55. The number of amides is 2. The van der Waals surface area contributed by atoms with Gasteiger partial charge in [0.25, 0.3) is 11.8 Å². The monoisotopic (exact) mass is 442 g/mol. The summed E-state index contributed by atoms with van der Waals surface area (Å²) < 4.78 is 38.5. The van der Waals surface area contributed by atoms with Gasteiger partial charge in [-0.1, -0.05) is 42.1 Å². The van der Waals surface area contributed by atoms with Crippen LogP contribution in [0.5, 0.6) is 0 Å². The van der Waals surface area contributed by atoms with E-state index in [0.29, 0.717) is 22.4 Å². The minimum Gasteiger partial charge on any atom is -0.352 e. The number of alkyl halides is 3. The largest absolute Gasteiger partial charge is 0.416 e. The molecule has 0 unspecified atom stereocenters. The topological polar surface area (TPSA) is 58.2 Å². The van der Waals surface area contributed by atoms with Crippen LogP contribution in [0, 0.1) is 0 Å². The highest BCUT2D eigenvalue weighted by Crippen LogP contribution is 2.39. The van der Waals surface area contributed by atoms with Crippen LogP contribution >= 0.6 is 11.8 Å². The fraction of sp³-hybridized carbons (Fsp3) is 0.130.